The Kier molecular flexibility index (Phi) is 7.96. The standard InChI is InChI=1S/C24H34N6O3/c1-28(2)11-6-16-32-23-26-21-17-25-10-9-20(21)22(27-23)29-12-14-30(15-13-29)24(31)33-18-19-7-4-3-5-8-19/h3-5,7-8,25H,6,9-18H2,1-2H3. The van der Waals surface area contributed by atoms with Gasteiger partial charge in [-0.25, -0.2) is 4.79 Å². The molecule has 9 heteroatoms. The molecule has 0 saturated carbocycles. The summed E-state index contributed by atoms with van der Waals surface area (Å²) in [5.74, 6) is 0.946. The monoisotopic (exact) mass is 454 g/mol. The number of carbonyl (C=O) groups excluding carboxylic acids is 1. The number of piperazine rings is 1. The summed E-state index contributed by atoms with van der Waals surface area (Å²) in [7, 11) is 4.10. The van der Waals surface area contributed by atoms with Crippen LogP contribution in [0.2, 0.25) is 0 Å². The van der Waals surface area contributed by atoms with Gasteiger partial charge in [0.15, 0.2) is 0 Å². The molecule has 9 nitrogen and oxygen atoms in total. The fourth-order valence-electron chi connectivity index (χ4n) is 4.10. The molecule has 1 fully saturated rings. The lowest BCUT2D eigenvalue weighted by Crippen LogP contribution is -2.49. The molecule has 1 aromatic carbocycles. The summed E-state index contributed by atoms with van der Waals surface area (Å²) in [4.78, 5) is 28.1. The number of anilines is 1. The SMILES string of the molecule is CN(C)CCCOc1nc2c(c(N3CCN(C(=O)OCc4ccccc4)CC3)n1)CCNC2. The maximum absolute atomic E-state index is 12.5. The van der Waals surface area contributed by atoms with Crippen LogP contribution in [0.3, 0.4) is 0 Å². The Morgan fingerprint density at radius 2 is 1.91 bits per heavy atom. The van der Waals surface area contributed by atoms with Crippen LogP contribution in [-0.4, -0.2) is 85.8 Å². The van der Waals surface area contributed by atoms with Crippen molar-refractivity contribution in [3.8, 4) is 6.01 Å². The Hall–Kier alpha value is -2.91. The van der Waals surface area contributed by atoms with Gasteiger partial charge in [-0.15, -0.1) is 0 Å². The molecule has 0 unspecified atom stereocenters. The molecule has 2 aliphatic heterocycles. The lowest BCUT2D eigenvalue weighted by Gasteiger charge is -2.36. The molecule has 1 saturated heterocycles. The molecule has 1 aromatic heterocycles. The summed E-state index contributed by atoms with van der Waals surface area (Å²) in [6.45, 7) is 6.10. The molecule has 178 valence electrons. The molecule has 1 amide bonds. The van der Waals surface area contributed by atoms with E-state index in [1.807, 2.05) is 30.3 Å². The number of benzene rings is 1. The Balaban J connectivity index is 1.36. The number of rotatable bonds is 8. The molecule has 0 spiro atoms. The van der Waals surface area contributed by atoms with Gasteiger partial charge in [0.05, 0.1) is 12.3 Å². The Labute approximate surface area is 195 Å². The number of amides is 1. The number of fused-ring (bicyclic) bond motifs is 1. The highest BCUT2D eigenvalue weighted by Crippen LogP contribution is 2.27. The van der Waals surface area contributed by atoms with E-state index in [9.17, 15) is 4.79 Å². The highest BCUT2D eigenvalue weighted by Gasteiger charge is 2.27. The topological polar surface area (TPSA) is 83.1 Å². The van der Waals surface area contributed by atoms with Crippen LogP contribution in [0.5, 0.6) is 6.01 Å². The van der Waals surface area contributed by atoms with Crippen LogP contribution < -0.4 is 15.0 Å². The predicted molar refractivity (Wildman–Crippen MR) is 127 cm³/mol. The first-order chi connectivity index (χ1) is 16.1. The third-order valence-corrected chi connectivity index (χ3v) is 5.92. The maximum Gasteiger partial charge on any atom is 0.410 e. The zero-order valence-corrected chi connectivity index (χ0v) is 19.6. The van der Waals surface area contributed by atoms with Gasteiger partial charge in [-0.1, -0.05) is 30.3 Å². The minimum Gasteiger partial charge on any atom is -0.463 e. The average molecular weight is 455 g/mol. The number of hydrogen-bond donors (Lipinski definition) is 1. The number of nitrogens with zero attached hydrogens (tertiary/aromatic N) is 5. The molecule has 0 radical (unpaired) electrons. The van der Waals surface area contributed by atoms with Crippen LogP contribution >= 0.6 is 0 Å². The number of hydrogen-bond acceptors (Lipinski definition) is 8. The van der Waals surface area contributed by atoms with Gasteiger partial charge in [0.1, 0.15) is 12.4 Å². The maximum atomic E-state index is 12.5. The van der Waals surface area contributed by atoms with Gasteiger partial charge in [-0.2, -0.15) is 9.97 Å². The van der Waals surface area contributed by atoms with Crippen molar-refractivity contribution < 1.29 is 14.3 Å². The lowest BCUT2D eigenvalue weighted by molar-refractivity contribution is 0.0941. The van der Waals surface area contributed by atoms with Gasteiger partial charge in [-0.3, -0.25) is 0 Å². The summed E-state index contributed by atoms with van der Waals surface area (Å²) < 4.78 is 11.4. The minimum atomic E-state index is -0.266. The molecule has 3 heterocycles. The van der Waals surface area contributed by atoms with Gasteiger partial charge in [0.25, 0.3) is 0 Å². The quantitative estimate of drug-likeness (QED) is 0.606. The zero-order chi connectivity index (χ0) is 23.0. The van der Waals surface area contributed by atoms with Crippen molar-refractivity contribution in [1.29, 1.82) is 0 Å². The second-order valence-corrected chi connectivity index (χ2v) is 8.70. The summed E-state index contributed by atoms with van der Waals surface area (Å²) in [5, 5.41) is 3.39. The highest BCUT2D eigenvalue weighted by molar-refractivity contribution is 5.68. The molecular weight excluding hydrogens is 420 g/mol. The molecule has 4 rings (SSSR count). The van der Waals surface area contributed by atoms with E-state index in [1.54, 1.807) is 4.90 Å². The molecular formula is C24H34N6O3. The van der Waals surface area contributed by atoms with Crippen molar-refractivity contribution in [3.63, 3.8) is 0 Å². The Morgan fingerprint density at radius 3 is 2.67 bits per heavy atom. The normalized spacial score (nSPS) is 16.0. The minimum absolute atomic E-state index is 0.266. The second-order valence-electron chi connectivity index (χ2n) is 8.70. The first-order valence-electron chi connectivity index (χ1n) is 11.7. The number of carbonyl (C=O) groups is 1. The fourth-order valence-corrected chi connectivity index (χ4v) is 4.10. The smallest absolute Gasteiger partial charge is 0.410 e. The van der Waals surface area contributed by atoms with Crippen molar-refractivity contribution in [2.24, 2.45) is 0 Å². The summed E-state index contributed by atoms with van der Waals surface area (Å²) in [6, 6.07) is 10.2. The first-order valence-corrected chi connectivity index (χ1v) is 11.7. The molecule has 0 aliphatic carbocycles. The van der Waals surface area contributed by atoms with Crippen LogP contribution in [0.25, 0.3) is 0 Å². The zero-order valence-electron chi connectivity index (χ0n) is 19.6. The third-order valence-electron chi connectivity index (χ3n) is 5.92. The average Bonchev–Trinajstić information content (AvgIpc) is 2.85. The number of aromatic nitrogens is 2. The fraction of sp³-hybridized carbons (Fsp3) is 0.542. The van der Waals surface area contributed by atoms with E-state index >= 15 is 0 Å². The van der Waals surface area contributed by atoms with Gasteiger partial charge >= 0.3 is 12.1 Å². The number of nitrogens with one attached hydrogen (secondary N) is 1. The summed E-state index contributed by atoms with van der Waals surface area (Å²) in [5.41, 5.74) is 3.19. The largest absolute Gasteiger partial charge is 0.463 e. The highest BCUT2D eigenvalue weighted by atomic mass is 16.6. The van der Waals surface area contributed by atoms with E-state index < -0.39 is 0 Å². The van der Waals surface area contributed by atoms with Crippen LogP contribution in [0, 0.1) is 0 Å². The van der Waals surface area contributed by atoms with E-state index in [1.165, 1.54) is 5.56 Å². The van der Waals surface area contributed by atoms with Gasteiger partial charge < -0.3 is 29.5 Å². The lowest BCUT2D eigenvalue weighted by atomic mass is 10.1. The van der Waals surface area contributed by atoms with E-state index in [0.717, 1.165) is 49.6 Å². The molecule has 2 aliphatic rings. The molecule has 2 aromatic rings. The molecule has 1 N–H and O–H groups in total. The second kappa shape index (κ2) is 11.3. The summed E-state index contributed by atoms with van der Waals surface area (Å²) >= 11 is 0. The Bertz CT molecular complexity index is 916. The van der Waals surface area contributed by atoms with Gasteiger partial charge in [0.2, 0.25) is 0 Å². The third kappa shape index (κ3) is 6.33. The van der Waals surface area contributed by atoms with Crippen LogP contribution in [0.4, 0.5) is 10.6 Å². The van der Waals surface area contributed by atoms with Crippen molar-refractivity contribution in [2.45, 2.75) is 26.0 Å². The molecule has 33 heavy (non-hydrogen) atoms. The first kappa shape index (κ1) is 23.3. The van der Waals surface area contributed by atoms with E-state index in [2.05, 4.69) is 34.2 Å². The van der Waals surface area contributed by atoms with Crippen LogP contribution in [0.15, 0.2) is 30.3 Å². The Morgan fingerprint density at radius 1 is 1.12 bits per heavy atom. The van der Waals surface area contributed by atoms with Crippen molar-refractivity contribution in [2.75, 3.05) is 64.9 Å². The van der Waals surface area contributed by atoms with Crippen LogP contribution in [0.1, 0.15) is 23.2 Å². The molecule has 0 bridgehead atoms. The van der Waals surface area contributed by atoms with E-state index in [0.29, 0.717) is 45.4 Å². The van der Waals surface area contributed by atoms with Crippen molar-refractivity contribution in [3.05, 3.63) is 47.2 Å². The van der Waals surface area contributed by atoms with Crippen molar-refractivity contribution in [1.82, 2.24) is 25.1 Å². The van der Waals surface area contributed by atoms with E-state index in [-0.39, 0.29) is 6.09 Å². The van der Waals surface area contributed by atoms with Gasteiger partial charge in [0, 0.05) is 44.8 Å². The number of ether oxygens (including phenoxy) is 2. The predicted octanol–water partition coefficient (Wildman–Crippen LogP) is 1.91. The van der Waals surface area contributed by atoms with E-state index in [4.69, 9.17) is 14.5 Å². The molecule has 0 atom stereocenters. The summed E-state index contributed by atoms with van der Waals surface area (Å²) in [6.07, 6.45) is 1.55. The van der Waals surface area contributed by atoms with Crippen LogP contribution in [-0.2, 0) is 24.3 Å². The van der Waals surface area contributed by atoms with Gasteiger partial charge in [-0.05, 0) is 39.0 Å². The van der Waals surface area contributed by atoms with Crippen molar-refractivity contribution >= 4 is 11.9 Å².